The zero-order valence-electron chi connectivity index (χ0n) is 17.8. The fourth-order valence-electron chi connectivity index (χ4n) is 5.94. The van der Waals surface area contributed by atoms with Crippen molar-refractivity contribution in [3.05, 3.63) is 103 Å². The van der Waals surface area contributed by atoms with Gasteiger partial charge >= 0.3 is 189 Å². The van der Waals surface area contributed by atoms with E-state index in [-0.39, 0.29) is 0 Å². The number of halogens is 1. The molecule has 0 radical (unpaired) electrons. The molecule has 3 aromatic carbocycles. The van der Waals surface area contributed by atoms with Gasteiger partial charge in [-0.1, -0.05) is 0 Å². The Kier molecular flexibility index (Phi) is 4.84. The van der Waals surface area contributed by atoms with E-state index < -0.39 is 5.31 Å². The fraction of sp³-hybridized carbons (Fsp3) is 0.286. The number of fused-ring (bicyclic) bond motifs is 1. The zero-order chi connectivity index (χ0) is 20.8. The van der Waals surface area contributed by atoms with E-state index in [1.54, 1.807) is 5.57 Å². The number of allylic oxidation sites excluding steroid dienone is 2. The van der Waals surface area contributed by atoms with Gasteiger partial charge in [-0.2, -0.15) is 0 Å². The van der Waals surface area contributed by atoms with Crippen LogP contribution in [0.25, 0.3) is 0 Å². The second kappa shape index (κ2) is 7.18. The van der Waals surface area contributed by atoms with Crippen molar-refractivity contribution in [3.8, 4) is 0 Å². The third kappa shape index (κ3) is 2.82. The second-order valence-corrected chi connectivity index (χ2v) is 18.6. The standard InChI is InChI=1S/C28H30BrP/c1-28(2)23-19-18-22(27(28)20-23)21-30(29,24-12-6-3-7-13-24,25-14-8-4-9-15-25)26-16-10-5-11-17-26/h3-18,23,27H,19-21H2,1-2H3/t23-,27-/m1/s1. The Morgan fingerprint density at radius 2 is 1.20 bits per heavy atom. The summed E-state index contributed by atoms with van der Waals surface area (Å²) in [6, 6.07) is 33.6. The van der Waals surface area contributed by atoms with Crippen molar-refractivity contribution in [2.45, 2.75) is 26.7 Å². The molecule has 3 aromatic rings. The van der Waals surface area contributed by atoms with Gasteiger partial charge in [0, 0.05) is 0 Å². The zero-order valence-corrected chi connectivity index (χ0v) is 20.3. The summed E-state index contributed by atoms with van der Waals surface area (Å²) in [6.45, 7) is 4.96. The minimum atomic E-state index is -2.87. The average molecular weight is 477 g/mol. The summed E-state index contributed by atoms with van der Waals surface area (Å²) < 4.78 is 0. The molecule has 0 aliphatic heterocycles. The molecule has 1 saturated carbocycles. The van der Waals surface area contributed by atoms with Crippen molar-refractivity contribution in [3.63, 3.8) is 0 Å². The molecule has 0 unspecified atom stereocenters. The molecule has 154 valence electrons. The van der Waals surface area contributed by atoms with Gasteiger partial charge in [-0.15, -0.1) is 0 Å². The number of benzene rings is 3. The van der Waals surface area contributed by atoms with Crippen LogP contribution < -0.4 is 15.9 Å². The van der Waals surface area contributed by atoms with Crippen molar-refractivity contribution >= 4 is 36.7 Å². The fourth-order valence-corrected chi connectivity index (χ4v) is 13.8. The molecular formula is C28H30BrP. The van der Waals surface area contributed by atoms with Crippen LogP contribution >= 0.6 is 20.8 Å². The normalized spacial score (nSPS) is 23.6. The van der Waals surface area contributed by atoms with Crippen molar-refractivity contribution in [1.29, 1.82) is 0 Å². The van der Waals surface area contributed by atoms with Crippen LogP contribution in [0.15, 0.2) is 103 Å². The van der Waals surface area contributed by atoms with Crippen LogP contribution in [0.4, 0.5) is 0 Å². The summed E-state index contributed by atoms with van der Waals surface area (Å²) in [7, 11) is 0. The Bertz CT molecular complexity index is 970. The van der Waals surface area contributed by atoms with Gasteiger partial charge in [0.2, 0.25) is 0 Å². The Morgan fingerprint density at radius 3 is 1.57 bits per heavy atom. The maximum atomic E-state index is 4.63. The summed E-state index contributed by atoms with van der Waals surface area (Å²) in [6.07, 6.45) is 6.25. The van der Waals surface area contributed by atoms with Crippen LogP contribution in [0.1, 0.15) is 26.7 Å². The van der Waals surface area contributed by atoms with Crippen molar-refractivity contribution in [2.75, 3.05) is 6.16 Å². The molecule has 2 heteroatoms. The van der Waals surface area contributed by atoms with Crippen LogP contribution in [-0.2, 0) is 0 Å². The van der Waals surface area contributed by atoms with Gasteiger partial charge in [0.15, 0.2) is 0 Å². The quantitative estimate of drug-likeness (QED) is 0.280. The van der Waals surface area contributed by atoms with E-state index in [9.17, 15) is 0 Å². The van der Waals surface area contributed by atoms with Gasteiger partial charge in [-0.3, -0.25) is 0 Å². The molecule has 2 bridgehead atoms. The molecule has 0 heterocycles. The summed E-state index contributed by atoms with van der Waals surface area (Å²) in [5, 5.41) is 1.39. The molecule has 0 saturated heterocycles. The molecule has 0 N–H and O–H groups in total. The van der Waals surface area contributed by atoms with Crippen molar-refractivity contribution in [2.24, 2.45) is 17.3 Å². The van der Waals surface area contributed by atoms with Gasteiger partial charge in [-0.25, -0.2) is 0 Å². The van der Waals surface area contributed by atoms with Crippen LogP contribution in [0, 0.1) is 17.3 Å². The molecule has 1 fully saturated rings. The van der Waals surface area contributed by atoms with Crippen LogP contribution in [-0.4, -0.2) is 6.16 Å². The first kappa shape index (κ1) is 20.2. The first-order valence-electron chi connectivity index (χ1n) is 11.0. The molecule has 30 heavy (non-hydrogen) atoms. The van der Waals surface area contributed by atoms with Gasteiger partial charge in [0.1, 0.15) is 0 Å². The number of rotatable bonds is 5. The third-order valence-corrected chi connectivity index (χ3v) is 17.5. The Labute approximate surface area is 189 Å². The first-order valence-corrected chi connectivity index (χ1v) is 15.5. The number of hydrogen-bond acceptors (Lipinski definition) is 0. The van der Waals surface area contributed by atoms with E-state index in [2.05, 4.69) is 126 Å². The predicted molar refractivity (Wildman–Crippen MR) is 137 cm³/mol. The van der Waals surface area contributed by atoms with Gasteiger partial charge in [0.25, 0.3) is 0 Å². The molecule has 0 spiro atoms. The van der Waals surface area contributed by atoms with Gasteiger partial charge < -0.3 is 0 Å². The van der Waals surface area contributed by atoms with Gasteiger partial charge in [-0.05, 0) is 0 Å². The Hall–Kier alpha value is -1.69. The van der Waals surface area contributed by atoms with Crippen LogP contribution in [0.3, 0.4) is 0 Å². The summed E-state index contributed by atoms with van der Waals surface area (Å²) in [4.78, 5) is 0. The van der Waals surface area contributed by atoms with E-state index in [1.807, 2.05) is 0 Å². The minimum absolute atomic E-state index is 0.427. The SMILES string of the molecule is CC1(C)[C@@H]2CC=C(CP(Br)(c3ccccc3)(c3ccccc3)c3ccccc3)[C@H]1C2. The summed E-state index contributed by atoms with van der Waals surface area (Å²) in [5.41, 5.74) is 2.09. The first-order chi connectivity index (χ1) is 14.4. The van der Waals surface area contributed by atoms with E-state index in [1.165, 1.54) is 28.8 Å². The van der Waals surface area contributed by atoms with Gasteiger partial charge in [0.05, 0.1) is 0 Å². The second-order valence-electron chi connectivity index (χ2n) is 9.67. The molecule has 3 aliphatic carbocycles. The Morgan fingerprint density at radius 1 is 0.767 bits per heavy atom. The molecule has 3 aliphatic rings. The summed E-state index contributed by atoms with van der Waals surface area (Å²) in [5.74, 6) is 1.56. The third-order valence-electron chi connectivity index (χ3n) is 7.95. The molecule has 2 atom stereocenters. The topological polar surface area (TPSA) is 0 Å². The van der Waals surface area contributed by atoms with E-state index in [4.69, 9.17) is 0 Å². The molecule has 0 nitrogen and oxygen atoms in total. The van der Waals surface area contributed by atoms with E-state index in [0.29, 0.717) is 11.3 Å². The van der Waals surface area contributed by atoms with E-state index in [0.717, 1.165) is 12.1 Å². The molecule has 0 aromatic heterocycles. The molecular weight excluding hydrogens is 447 g/mol. The molecule has 6 rings (SSSR count). The average Bonchev–Trinajstić information content (AvgIpc) is 2.81. The van der Waals surface area contributed by atoms with Crippen molar-refractivity contribution < 1.29 is 0 Å². The Balaban J connectivity index is 1.79. The van der Waals surface area contributed by atoms with Crippen LogP contribution in [0.5, 0.6) is 0 Å². The van der Waals surface area contributed by atoms with Crippen LogP contribution in [0.2, 0.25) is 0 Å². The monoisotopic (exact) mass is 476 g/mol. The predicted octanol–water partition coefficient (Wildman–Crippen LogP) is 6.82. The van der Waals surface area contributed by atoms with E-state index >= 15 is 0 Å². The maximum absolute atomic E-state index is 4.63. The molecule has 0 amide bonds. The number of hydrogen-bond donors (Lipinski definition) is 0. The van der Waals surface area contributed by atoms with Crippen molar-refractivity contribution in [1.82, 2.24) is 0 Å². The summed E-state index contributed by atoms with van der Waals surface area (Å²) >= 11 is 4.63.